The van der Waals surface area contributed by atoms with Crippen molar-refractivity contribution in [3.63, 3.8) is 0 Å². The van der Waals surface area contributed by atoms with Gasteiger partial charge in [0, 0.05) is 19.1 Å². The van der Waals surface area contributed by atoms with Crippen LogP contribution < -0.4 is 5.32 Å². The van der Waals surface area contributed by atoms with E-state index in [0.29, 0.717) is 12.0 Å². The Labute approximate surface area is 142 Å². The first-order valence-electron chi connectivity index (χ1n) is 7.64. The summed E-state index contributed by atoms with van der Waals surface area (Å²) in [5.41, 5.74) is 1.13. The number of hydrogen-bond donors (Lipinski definition) is 1. The number of methoxy groups -OCH3 is 1. The first-order valence-corrected chi connectivity index (χ1v) is 7.64. The highest BCUT2D eigenvalue weighted by atomic mass is 19.4. The van der Waals surface area contributed by atoms with Crippen LogP contribution in [0.1, 0.15) is 37.3 Å². The lowest BCUT2D eigenvalue weighted by Crippen LogP contribution is -2.31. The van der Waals surface area contributed by atoms with E-state index < -0.39 is 12.1 Å². The van der Waals surface area contributed by atoms with Gasteiger partial charge >= 0.3 is 12.1 Å². The van der Waals surface area contributed by atoms with Gasteiger partial charge < -0.3 is 14.6 Å². The lowest BCUT2D eigenvalue weighted by molar-refractivity contribution is -0.159. The summed E-state index contributed by atoms with van der Waals surface area (Å²) < 4.78 is 46.8. The lowest BCUT2D eigenvalue weighted by atomic mass is 10.0. The molecule has 0 saturated carbocycles. The highest BCUT2D eigenvalue weighted by Gasteiger charge is 2.38. The standard InChI is InChI=1S/C16H18F3N3O3/c1-3-4-13(23)20-12(9-24-2)10-5-7-11(8-6-10)14-21-15(25-22-14)16(17,18)19/h5-8,12H,3-4,9H2,1-2H3,(H,20,23). The normalized spacial score (nSPS) is 12.8. The van der Waals surface area contributed by atoms with Gasteiger partial charge in [-0.05, 0) is 12.0 Å². The van der Waals surface area contributed by atoms with Gasteiger partial charge in [0.2, 0.25) is 11.7 Å². The molecule has 1 aromatic carbocycles. The Morgan fingerprint density at radius 2 is 2.00 bits per heavy atom. The fourth-order valence-electron chi connectivity index (χ4n) is 2.20. The Bertz CT molecular complexity index is 699. The number of benzene rings is 1. The van der Waals surface area contributed by atoms with Crippen LogP contribution in [0.4, 0.5) is 13.2 Å². The number of carbonyl (C=O) groups excluding carboxylic acids is 1. The van der Waals surface area contributed by atoms with Gasteiger partial charge in [-0.3, -0.25) is 4.79 Å². The minimum Gasteiger partial charge on any atom is -0.382 e. The molecule has 0 aliphatic carbocycles. The smallest absolute Gasteiger partial charge is 0.382 e. The molecule has 1 N–H and O–H groups in total. The van der Waals surface area contributed by atoms with Crippen LogP contribution in [0.2, 0.25) is 0 Å². The number of aromatic nitrogens is 2. The topological polar surface area (TPSA) is 77.2 Å². The predicted octanol–water partition coefficient (Wildman–Crippen LogP) is 3.36. The van der Waals surface area contributed by atoms with Crippen LogP contribution in [0.25, 0.3) is 11.4 Å². The number of halogens is 3. The molecule has 0 aliphatic heterocycles. The molecule has 1 unspecified atom stereocenters. The largest absolute Gasteiger partial charge is 0.471 e. The van der Waals surface area contributed by atoms with Crippen molar-refractivity contribution in [2.24, 2.45) is 0 Å². The van der Waals surface area contributed by atoms with Crippen LogP contribution in [0.5, 0.6) is 0 Å². The molecular formula is C16H18F3N3O3. The van der Waals surface area contributed by atoms with E-state index in [0.717, 1.165) is 12.0 Å². The summed E-state index contributed by atoms with van der Waals surface area (Å²) in [5.74, 6) is -1.64. The van der Waals surface area contributed by atoms with E-state index in [-0.39, 0.29) is 24.4 Å². The highest BCUT2D eigenvalue weighted by molar-refractivity contribution is 5.76. The van der Waals surface area contributed by atoms with E-state index >= 15 is 0 Å². The predicted molar refractivity (Wildman–Crippen MR) is 82.4 cm³/mol. The van der Waals surface area contributed by atoms with E-state index in [1.807, 2.05) is 6.92 Å². The minimum absolute atomic E-state index is 0.0957. The Hall–Kier alpha value is -2.42. The van der Waals surface area contributed by atoms with Gasteiger partial charge in [-0.1, -0.05) is 36.3 Å². The molecule has 1 heterocycles. The molecule has 1 atom stereocenters. The second-order valence-corrected chi connectivity index (χ2v) is 5.37. The molecular weight excluding hydrogens is 339 g/mol. The molecule has 0 aliphatic rings. The summed E-state index contributed by atoms with van der Waals surface area (Å²) in [4.78, 5) is 15.1. The minimum atomic E-state index is -4.68. The highest BCUT2D eigenvalue weighted by Crippen LogP contribution is 2.29. The van der Waals surface area contributed by atoms with Crippen LogP contribution in [0.3, 0.4) is 0 Å². The first kappa shape index (κ1) is 18.9. The van der Waals surface area contributed by atoms with Gasteiger partial charge in [0.25, 0.3) is 0 Å². The molecule has 0 saturated heterocycles. The molecule has 0 fully saturated rings. The Morgan fingerprint density at radius 1 is 1.32 bits per heavy atom. The number of ether oxygens (including phenoxy) is 1. The maximum Gasteiger partial charge on any atom is 0.471 e. The van der Waals surface area contributed by atoms with Crippen LogP contribution in [-0.2, 0) is 15.7 Å². The second-order valence-electron chi connectivity index (χ2n) is 5.37. The maximum absolute atomic E-state index is 12.5. The van der Waals surface area contributed by atoms with Crippen molar-refractivity contribution in [1.82, 2.24) is 15.5 Å². The summed E-state index contributed by atoms with van der Waals surface area (Å²) in [5, 5.41) is 6.19. The third-order valence-corrected chi connectivity index (χ3v) is 3.39. The third-order valence-electron chi connectivity index (χ3n) is 3.39. The van der Waals surface area contributed by atoms with Crippen LogP contribution >= 0.6 is 0 Å². The number of nitrogens with one attached hydrogen (secondary N) is 1. The fraction of sp³-hybridized carbons (Fsp3) is 0.438. The zero-order chi connectivity index (χ0) is 18.4. The number of amides is 1. The molecule has 0 spiro atoms. The molecule has 0 radical (unpaired) electrons. The number of rotatable bonds is 7. The van der Waals surface area contributed by atoms with Crippen LogP contribution in [0.15, 0.2) is 28.8 Å². The van der Waals surface area contributed by atoms with Crippen molar-refractivity contribution < 1.29 is 27.2 Å². The summed E-state index contributed by atoms with van der Waals surface area (Å²) in [6.45, 7) is 2.18. The Balaban J connectivity index is 2.16. The average Bonchev–Trinajstić information content (AvgIpc) is 3.05. The quantitative estimate of drug-likeness (QED) is 0.822. The zero-order valence-corrected chi connectivity index (χ0v) is 13.8. The third kappa shape index (κ3) is 5.02. The van der Waals surface area contributed by atoms with Gasteiger partial charge in [0.15, 0.2) is 0 Å². The van der Waals surface area contributed by atoms with Crippen LogP contribution in [-0.4, -0.2) is 29.8 Å². The van der Waals surface area contributed by atoms with Gasteiger partial charge in [-0.25, -0.2) is 0 Å². The zero-order valence-electron chi connectivity index (χ0n) is 13.8. The number of carbonyl (C=O) groups is 1. The van der Waals surface area contributed by atoms with E-state index in [1.165, 1.54) is 7.11 Å². The number of hydrogen-bond acceptors (Lipinski definition) is 5. The monoisotopic (exact) mass is 357 g/mol. The summed E-state index contributed by atoms with van der Waals surface area (Å²) in [7, 11) is 1.52. The first-order chi connectivity index (χ1) is 11.8. The lowest BCUT2D eigenvalue weighted by Gasteiger charge is -2.18. The number of nitrogens with zero attached hydrogens (tertiary/aromatic N) is 2. The second kappa shape index (κ2) is 8.11. The van der Waals surface area contributed by atoms with Crippen molar-refractivity contribution in [3.8, 4) is 11.4 Å². The Kier molecular flexibility index (Phi) is 6.13. The van der Waals surface area contributed by atoms with Crippen LogP contribution in [0, 0.1) is 0 Å². The molecule has 1 amide bonds. The molecule has 136 valence electrons. The van der Waals surface area contributed by atoms with Crippen molar-refractivity contribution in [1.29, 1.82) is 0 Å². The molecule has 25 heavy (non-hydrogen) atoms. The van der Waals surface area contributed by atoms with Gasteiger partial charge in [0.05, 0.1) is 12.6 Å². The SMILES string of the molecule is CCCC(=O)NC(COC)c1ccc(-c2noc(C(F)(F)F)n2)cc1. The van der Waals surface area contributed by atoms with Crippen molar-refractivity contribution in [2.45, 2.75) is 32.0 Å². The van der Waals surface area contributed by atoms with Gasteiger partial charge in [-0.15, -0.1) is 0 Å². The van der Waals surface area contributed by atoms with Gasteiger partial charge in [-0.2, -0.15) is 18.2 Å². The van der Waals surface area contributed by atoms with E-state index in [2.05, 4.69) is 20.0 Å². The summed E-state index contributed by atoms with van der Waals surface area (Å²) in [6.07, 6.45) is -3.55. The van der Waals surface area contributed by atoms with Crippen molar-refractivity contribution >= 4 is 5.91 Å². The van der Waals surface area contributed by atoms with Crippen molar-refractivity contribution in [3.05, 3.63) is 35.7 Å². The molecule has 1 aromatic heterocycles. The molecule has 0 bridgehead atoms. The van der Waals surface area contributed by atoms with E-state index in [4.69, 9.17) is 4.74 Å². The molecule has 2 aromatic rings. The van der Waals surface area contributed by atoms with Crippen molar-refractivity contribution in [2.75, 3.05) is 13.7 Å². The summed E-state index contributed by atoms with van der Waals surface area (Å²) in [6, 6.07) is 6.13. The van der Waals surface area contributed by atoms with E-state index in [1.54, 1.807) is 24.3 Å². The van der Waals surface area contributed by atoms with E-state index in [9.17, 15) is 18.0 Å². The molecule has 2 rings (SSSR count). The fourth-order valence-corrected chi connectivity index (χ4v) is 2.20. The Morgan fingerprint density at radius 3 is 2.52 bits per heavy atom. The molecule has 6 nitrogen and oxygen atoms in total. The number of alkyl halides is 3. The average molecular weight is 357 g/mol. The summed E-state index contributed by atoms with van der Waals surface area (Å²) >= 11 is 0. The molecule has 9 heteroatoms. The maximum atomic E-state index is 12.5. The van der Waals surface area contributed by atoms with Gasteiger partial charge in [0.1, 0.15) is 0 Å².